The molecule has 2 N–H and O–H groups in total. The van der Waals surface area contributed by atoms with E-state index in [0.29, 0.717) is 0 Å². The number of hydrogen-bond acceptors (Lipinski definition) is 3. The fourth-order valence-corrected chi connectivity index (χ4v) is 1.24. The van der Waals surface area contributed by atoms with E-state index in [-0.39, 0.29) is 0 Å². The van der Waals surface area contributed by atoms with Gasteiger partial charge in [-0.3, -0.25) is 9.89 Å². The summed E-state index contributed by atoms with van der Waals surface area (Å²) in [7, 11) is 2.07. The summed E-state index contributed by atoms with van der Waals surface area (Å²) in [5.41, 5.74) is 6.38. The Bertz CT molecular complexity index is 198. The maximum Gasteiger partial charge on any atom is 0.0645 e. The number of halogens is 1. The van der Waals surface area contributed by atoms with Crippen molar-refractivity contribution in [3.8, 4) is 0 Å². The first-order valence-electron chi connectivity index (χ1n) is 3.53. The molecule has 4 heteroatoms. The topological polar surface area (TPSA) is 41.6 Å². The van der Waals surface area contributed by atoms with Crippen molar-refractivity contribution >= 4 is 21.6 Å². The van der Waals surface area contributed by atoms with E-state index in [1.807, 2.05) is 0 Å². The van der Waals surface area contributed by atoms with Gasteiger partial charge in [-0.15, -0.1) is 0 Å². The standard InChI is InChI=1S/C7H12BrN3/c1-11-3-2-10-7(5-11)6(8)4-9/h4H,2-3,5,9H2,1H3. The zero-order chi connectivity index (χ0) is 8.27. The number of nitrogens with zero attached hydrogens (tertiary/aromatic N) is 2. The van der Waals surface area contributed by atoms with Crippen LogP contribution in [0.5, 0.6) is 0 Å². The summed E-state index contributed by atoms with van der Waals surface area (Å²) in [6.45, 7) is 2.79. The lowest BCUT2D eigenvalue weighted by Crippen LogP contribution is -2.33. The van der Waals surface area contributed by atoms with Crippen LogP contribution in [0.3, 0.4) is 0 Å². The van der Waals surface area contributed by atoms with Gasteiger partial charge in [0.25, 0.3) is 0 Å². The van der Waals surface area contributed by atoms with Gasteiger partial charge in [0.1, 0.15) is 0 Å². The smallest absolute Gasteiger partial charge is 0.0645 e. The van der Waals surface area contributed by atoms with Crippen LogP contribution in [0.4, 0.5) is 0 Å². The lowest BCUT2D eigenvalue weighted by Gasteiger charge is -2.21. The molecule has 0 aromatic carbocycles. The first kappa shape index (κ1) is 8.74. The second-order valence-electron chi connectivity index (χ2n) is 2.58. The van der Waals surface area contributed by atoms with Crippen LogP contribution >= 0.6 is 15.9 Å². The summed E-state index contributed by atoms with van der Waals surface area (Å²) in [5, 5.41) is 0. The van der Waals surface area contributed by atoms with E-state index in [1.54, 1.807) is 0 Å². The van der Waals surface area contributed by atoms with Crippen LogP contribution in [0, 0.1) is 0 Å². The molecule has 0 unspecified atom stereocenters. The molecule has 0 amide bonds. The van der Waals surface area contributed by atoms with Crippen molar-refractivity contribution in [1.29, 1.82) is 0 Å². The van der Waals surface area contributed by atoms with Gasteiger partial charge in [0.15, 0.2) is 0 Å². The molecule has 1 rings (SSSR count). The Balaban J connectivity index is 2.65. The average Bonchev–Trinajstić information content (AvgIpc) is 2.03. The number of nitrogens with two attached hydrogens (primary N) is 1. The van der Waals surface area contributed by atoms with Crippen LogP contribution in [0.2, 0.25) is 0 Å². The highest BCUT2D eigenvalue weighted by atomic mass is 79.9. The number of rotatable bonds is 1. The highest BCUT2D eigenvalue weighted by Crippen LogP contribution is 2.09. The fourth-order valence-electron chi connectivity index (χ4n) is 0.988. The van der Waals surface area contributed by atoms with E-state index in [1.165, 1.54) is 6.20 Å². The van der Waals surface area contributed by atoms with Crippen LogP contribution < -0.4 is 5.73 Å². The van der Waals surface area contributed by atoms with Crippen molar-refractivity contribution in [3.63, 3.8) is 0 Å². The van der Waals surface area contributed by atoms with Gasteiger partial charge in [-0.1, -0.05) is 0 Å². The van der Waals surface area contributed by atoms with E-state index >= 15 is 0 Å². The molecule has 0 radical (unpaired) electrons. The predicted octanol–water partition coefficient (Wildman–Crippen LogP) is 0.568. The molecule has 1 aliphatic heterocycles. The van der Waals surface area contributed by atoms with Gasteiger partial charge in [0.2, 0.25) is 0 Å². The van der Waals surface area contributed by atoms with Crippen LogP contribution in [0.1, 0.15) is 0 Å². The predicted molar refractivity (Wildman–Crippen MR) is 51.0 cm³/mol. The van der Waals surface area contributed by atoms with E-state index < -0.39 is 0 Å². The van der Waals surface area contributed by atoms with Crippen molar-refractivity contribution in [2.45, 2.75) is 0 Å². The SMILES string of the molecule is CN1CCN=C(C(Br)=CN)C1. The minimum absolute atomic E-state index is 0.870. The zero-order valence-corrected chi connectivity index (χ0v) is 8.13. The van der Waals surface area contributed by atoms with Gasteiger partial charge in [0, 0.05) is 19.3 Å². The second-order valence-corrected chi connectivity index (χ2v) is 3.44. The lowest BCUT2D eigenvalue weighted by atomic mass is 10.3. The maximum atomic E-state index is 5.34. The Morgan fingerprint density at radius 1 is 1.82 bits per heavy atom. The molecule has 0 aliphatic carbocycles. The maximum absolute atomic E-state index is 5.34. The zero-order valence-electron chi connectivity index (χ0n) is 6.55. The first-order chi connectivity index (χ1) is 5.24. The van der Waals surface area contributed by atoms with Crippen LogP contribution in [0.15, 0.2) is 15.7 Å². The highest BCUT2D eigenvalue weighted by Gasteiger charge is 2.11. The summed E-state index contributed by atoms with van der Waals surface area (Å²) in [4.78, 5) is 6.55. The Kier molecular flexibility index (Phi) is 3.08. The number of likely N-dealkylation sites (N-methyl/N-ethyl adjacent to an activating group) is 1. The summed E-state index contributed by atoms with van der Waals surface area (Å²) >= 11 is 3.34. The summed E-state index contributed by atoms with van der Waals surface area (Å²) < 4.78 is 0.907. The van der Waals surface area contributed by atoms with Gasteiger partial charge >= 0.3 is 0 Å². The van der Waals surface area contributed by atoms with Gasteiger partial charge in [-0.05, 0) is 23.0 Å². The normalized spacial score (nSPS) is 21.6. The lowest BCUT2D eigenvalue weighted by molar-refractivity contribution is 0.379. The van der Waals surface area contributed by atoms with Crippen molar-refractivity contribution < 1.29 is 0 Å². The minimum Gasteiger partial charge on any atom is -0.404 e. The molecule has 1 aliphatic rings. The van der Waals surface area contributed by atoms with Gasteiger partial charge in [0.05, 0.1) is 16.7 Å². The Morgan fingerprint density at radius 2 is 2.55 bits per heavy atom. The average molecular weight is 218 g/mol. The molecule has 0 atom stereocenters. The molecule has 0 aromatic heterocycles. The Morgan fingerprint density at radius 3 is 3.09 bits per heavy atom. The molecule has 62 valence electrons. The third-order valence-corrected chi connectivity index (χ3v) is 2.35. The molecule has 0 aromatic rings. The molecule has 1 heterocycles. The number of hydrogen-bond donors (Lipinski definition) is 1. The first-order valence-corrected chi connectivity index (χ1v) is 4.33. The van der Waals surface area contributed by atoms with E-state index in [2.05, 4.69) is 32.9 Å². The second kappa shape index (κ2) is 3.88. The van der Waals surface area contributed by atoms with Crippen molar-refractivity contribution in [2.24, 2.45) is 10.7 Å². The third kappa shape index (κ3) is 2.31. The van der Waals surface area contributed by atoms with Crippen molar-refractivity contribution in [3.05, 3.63) is 10.7 Å². The van der Waals surface area contributed by atoms with E-state index in [9.17, 15) is 0 Å². The molecule has 3 nitrogen and oxygen atoms in total. The summed E-state index contributed by atoms with van der Waals surface area (Å²) in [6, 6.07) is 0. The van der Waals surface area contributed by atoms with E-state index in [0.717, 1.165) is 29.8 Å². The number of aliphatic imine (C=N–C) groups is 1. The molecule has 0 spiro atoms. The van der Waals surface area contributed by atoms with Crippen molar-refractivity contribution in [1.82, 2.24) is 4.90 Å². The molecule has 0 bridgehead atoms. The highest BCUT2D eigenvalue weighted by molar-refractivity contribution is 9.12. The minimum atomic E-state index is 0.870. The monoisotopic (exact) mass is 217 g/mol. The van der Waals surface area contributed by atoms with Crippen LogP contribution in [-0.4, -0.2) is 37.3 Å². The fraction of sp³-hybridized carbons (Fsp3) is 0.571. The Labute approximate surface area is 75.1 Å². The summed E-state index contributed by atoms with van der Waals surface area (Å²) in [5.74, 6) is 0. The van der Waals surface area contributed by atoms with Crippen LogP contribution in [0.25, 0.3) is 0 Å². The van der Waals surface area contributed by atoms with Gasteiger partial charge in [-0.25, -0.2) is 0 Å². The van der Waals surface area contributed by atoms with Crippen LogP contribution in [-0.2, 0) is 0 Å². The largest absolute Gasteiger partial charge is 0.404 e. The molecule has 0 fully saturated rings. The quantitative estimate of drug-likeness (QED) is 0.698. The summed E-state index contributed by atoms with van der Waals surface area (Å²) in [6.07, 6.45) is 1.54. The molecule has 11 heavy (non-hydrogen) atoms. The van der Waals surface area contributed by atoms with E-state index in [4.69, 9.17) is 5.73 Å². The van der Waals surface area contributed by atoms with Gasteiger partial charge in [-0.2, -0.15) is 0 Å². The van der Waals surface area contributed by atoms with Crippen molar-refractivity contribution in [2.75, 3.05) is 26.7 Å². The van der Waals surface area contributed by atoms with Gasteiger partial charge < -0.3 is 5.73 Å². The Hall–Kier alpha value is -0.350. The molecular formula is C7H12BrN3. The molecular weight excluding hydrogens is 206 g/mol. The molecule has 0 saturated heterocycles. The third-order valence-electron chi connectivity index (χ3n) is 1.63. The molecule has 0 saturated carbocycles.